The summed E-state index contributed by atoms with van der Waals surface area (Å²) < 4.78 is 4.92. The van der Waals surface area contributed by atoms with Crippen molar-refractivity contribution in [2.45, 2.75) is 6.10 Å². The van der Waals surface area contributed by atoms with Crippen LogP contribution in [0.3, 0.4) is 0 Å². The average Bonchev–Trinajstić information content (AvgIpc) is 2.63. The molecule has 0 bridgehead atoms. The maximum absolute atomic E-state index is 10.7. The van der Waals surface area contributed by atoms with Crippen LogP contribution in [0.2, 0.25) is 0 Å². The van der Waals surface area contributed by atoms with Gasteiger partial charge in [0, 0.05) is 12.4 Å². The van der Waals surface area contributed by atoms with Gasteiger partial charge in [-0.1, -0.05) is 0 Å². The first-order valence-corrected chi connectivity index (χ1v) is 4.29. The summed E-state index contributed by atoms with van der Waals surface area (Å²) in [7, 11) is 0. The molecule has 0 unspecified atom stereocenters. The Hall–Kier alpha value is -1.85. The van der Waals surface area contributed by atoms with Gasteiger partial charge in [-0.15, -0.1) is 0 Å². The minimum Gasteiger partial charge on any atom is -0.442 e. The van der Waals surface area contributed by atoms with Crippen LogP contribution in [0.1, 0.15) is 0 Å². The van der Waals surface area contributed by atoms with Crippen molar-refractivity contribution in [2.75, 3.05) is 18.4 Å². The van der Waals surface area contributed by atoms with Crippen LogP contribution in [0, 0.1) is 0 Å². The third-order valence-electron chi connectivity index (χ3n) is 1.82. The van der Waals surface area contributed by atoms with E-state index in [1.807, 2.05) is 0 Å². The molecule has 1 aromatic rings. The third-order valence-corrected chi connectivity index (χ3v) is 1.82. The molecule has 1 fully saturated rings. The summed E-state index contributed by atoms with van der Waals surface area (Å²) in [5.74, 6) is 0.676. The van der Waals surface area contributed by atoms with Crippen LogP contribution in [0.5, 0.6) is 0 Å². The molecule has 2 N–H and O–H groups in total. The molecule has 1 atom stereocenters. The predicted octanol–water partition coefficient (Wildman–Crippen LogP) is -0.00310. The molecule has 6 heteroatoms. The van der Waals surface area contributed by atoms with Crippen LogP contribution in [0.4, 0.5) is 10.6 Å². The van der Waals surface area contributed by atoms with Crippen molar-refractivity contribution in [1.82, 2.24) is 15.3 Å². The number of hydrogen-bond donors (Lipinski definition) is 2. The molecule has 2 heterocycles. The van der Waals surface area contributed by atoms with Gasteiger partial charge in [0.05, 0.1) is 19.3 Å². The van der Waals surface area contributed by atoms with E-state index in [1.54, 1.807) is 18.6 Å². The summed E-state index contributed by atoms with van der Waals surface area (Å²) in [6.07, 6.45) is 4.31. The van der Waals surface area contributed by atoms with Crippen molar-refractivity contribution in [3.8, 4) is 0 Å². The highest BCUT2D eigenvalue weighted by Crippen LogP contribution is 2.02. The van der Waals surface area contributed by atoms with Crippen molar-refractivity contribution in [2.24, 2.45) is 0 Å². The Balaban J connectivity index is 1.80. The van der Waals surface area contributed by atoms with Crippen molar-refractivity contribution >= 4 is 11.9 Å². The maximum atomic E-state index is 10.7. The van der Waals surface area contributed by atoms with Crippen LogP contribution >= 0.6 is 0 Å². The summed E-state index contributed by atoms with van der Waals surface area (Å²) in [6, 6.07) is 0. The molecule has 6 nitrogen and oxygen atoms in total. The van der Waals surface area contributed by atoms with Gasteiger partial charge in [-0.3, -0.25) is 4.98 Å². The number of amides is 1. The number of carbonyl (C=O) groups is 1. The van der Waals surface area contributed by atoms with E-state index in [2.05, 4.69) is 20.6 Å². The molecule has 14 heavy (non-hydrogen) atoms. The first-order chi connectivity index (χ1) is 6.84. The molecule has 1 saturated heterocycles. The summed E-state index contributed by atoms with van der Waals surface area (Å²) in [5, 5.41) is 5.58. The average molecular weight is 194 g/mol. The van der Waals surface area contributed by atoms with Crippen molar-refractivity contribution in [1.29, 1.82) is 0 Å². The van der Waals surface area contributed by atoms with Crippen LogP contribution in [-0.4, -0.2) is 35.3 Å². The summed E-state index contributed by atoms with van der Waals surface area (Å²) in [6.45, 7) is 1.07. The van der Waals surface area contributed by atoms with Gasteiger partial charge in [0.15, 0.2) is 0 Å². The molecule has 2 rings (SSSR count). The second-order valence-corrected chi connectivity index (χ2v) is 2.88. The van der Waals surface area contributed by atoms with E-state index in [4.69, 9.17) is 4.74 Å². The molecule has 0 aliphatic carbocycles. The molecule has 1 aromatic heterocycles. The molecule has 1 aliphatic rings. The maximum Gasteiger partial charge on any atom is 0.407 e. The standard InChI is InChI=1S/C8H10N4O2/c13-8-12-4-6(14-8)3-11-7-5-9-1-2-10-7/h1-2,5-6H,3-4H2,(H,10,11)(H,12,13)/t6-/m0/s1. The van der Waals surface area contributed by atoms with E-state index in [1.165, 1.54) is 0 Å². The van der Waals surface area contributed by atoms with Gasteiger partial charge in [0.2, 0.25) is 0 Å². The number of nitrogens with zero attached hydrogens (tertiary/aromatic N) is 2. The molecular formula is C8H10N4O2. The zero-order valence-corrected chi connectivity index (χ0v) is 7.43. The zero-order chi connectivity index (χ0) is 9.80. The van der Waals surface area contributed by atoms with Crippen molar-refractivity contribution in [3.63, 3.8) is 0 Å². The van der Waals surface area contributed by atoms with Crippen LogP contribution in [0.25, 0.3) is 0 Å². The quantitative estimate of drug-likeness (QED) is 0.708. The topological polar surface area (TPSA) is 76.1 Å². The number of alkyl carbamates (subject to hydrolysis) is 1. The number of anilines is 1. The molecule has 74 valence electrons. The number of ether oxygens (including phenoxy) is 1. The second kappa shape index (κ2) is 3.91. The van der Waals surface area contributed by atoms with Gasteiger partial charge in [-0.2, -0.15) is 0 Å². The molecule has 0 saturated carbocycles. The van der Waals surface area contributed by atoms with Gasteiger partial charge < -0.3 is 15.4 Å². The number of cyclic esters (lactones) is 1. The molecule has 0 spiro atoms. The Labute approximate surface area is 80.7 Å². The fourth-order valence-corrected chi connectivity index (χ4v) is 1.15. The predicted molar refractivity (Wildman–Crippen MR) is 48.8 cm³/mol. The molecule has 0 radical (unpaired) electrons. The highest BCUT2D eigenvalue weighted by atomic mass is 16.6. The Morgan fingerprint density at radius 1 is 1.64 bits per heavy atom. The van der Waals surface area contributed by atoms with Gasteiger partial charge >= 0.3 is 6.09 Å². The largest absolute Gasteiger partial charge is 0.442 e. The van der Waals surface area contributed by atoms with Crippen LogP contribution in [-0.2, 0) is 4.74 Å². The minimum atomic E-state index is -0.365. The molecule has 1 amide bonds. The minimum absolute atomic E-state index is 0.135. The van der Waals surface area contributed by atoms with Gasteiger partial charge in [0.1, 0.15) is 11.9 Å². The fraction of sp³-hybridized carbons (Fsp3) is 0.375. The highest BCUT2D eigenvalue weighted by Gasteiger charge is 2.21. The Morgan fingerprint density at radius 3 is 3.21 bits per heavy atom. The summed E-state index contributed by atoms with van der Waals surface area (Å²) >= 11 is 0. The molecule has 1 aliphatic heterocycles. The molecular weight excluding hydrogens is 184 g/mol. The van der Waals surface area contributed by atoms with E-state index in [9.17, 15) is 4.79 Å². The number of hydrogen-bond acceptors (Lipinski definition) is 5. The second-order valence-electron chi connectivity index (χ2n) is 2.88. The lowest BCUT2D eigenvalue weighted by molar-refractivity contribution is 0.145. The van der Waals surface area contributed by atoms with E-state index in [-0.39, 0.29) is 12.2 Å². The van der Waals surface area contributed by atoms with E-state index < -0.39 is 0 Å². The smallest absolute Gasteiger partial charge is 0.407 e. The number of rotatable bonds is 3. The van der Waals surface area contributed by atoms with Gasteiger partial charge in [-0.25, -0.2) is 9.78 Å². The van der Waals surface area contributed by atoms with E-state index in [0.29, 0.717) is 18.9 Å². The first kappa shape index (κ1) is 8.74. The Morgan fingerprint density at radius 2 is 2.57 bits per heavy atom. The van der Waals surface area contributed by atoms with E-state index >= 15 is 0 Å². The third kappa shape index (κ3) is 2.09. The van der Waals surface area contributed by atoms with Crippen LogP contribution < -0.4 is 10.6 Å². The summed E-state index contributed by atoms with van der Waals surface area (Å²) in [5.41, 5.74) is 0. The Bertz CT molecular complexity index is 316. The normalized spacial score (nSPS) is 20.0. The number of nitrogens with one attached hydrogen (secondary N) is 2. The van der Waals surface area contributed by atoms with Crippen molar-refractivity contribution in [3.05, 3.63) is 18.6 Å². The first-order valence-electron chi connectivity index (χ1n) is 4.29. The summed E-state index contributed by atoms with van der Waals surface area (Å²) in [4.78, 5) is 18.6. The Kier molecular flexibility index (Phi) is 2.44. The zero-order valence-electron chi connectivity index (χ0n) is 7.43. The monoisotopic (exact) mass is 194 g/mol. The SMILES string of the molecule is O=C1NC[C@H](CNc2cnccn2)O1. The van der Waals surface area contributed by atoms with Gasteiger partial charge in [-0.05, 0) is 0 Å². The molecule has 0 aromatic carbocycles. The lowest BCUT2D eigenvalue weighted by atomic mass is 10.3. The van der Waals surface area contributed by atoms with Crippen LogP contribution in [0.15, 0.2) is 18.6 Å². The highest BCUT2D eigenvalue weighted by molar-refractivity contribution is 5.69. The number of carbonyl (C=O) groups excluding carboxylic acids is 1. The van der Waals surface area contributed by atoms with Crippen molar-refractivity contribution < 1.29 is 9.53 Å². The fourth-order valence-electron chi connectivity index (χ4n) is 1.15. The lowest BCUT2D eigenvalue weighted by Gasteiger charge is -2.08. The van der Waals surface area contributed by atoms with E-state index in [0.717, 1.165) is 0 Å². The number of aromatic nitrogens is 2. The van der Waals surface area contributed by atoms with Gasteiger partial charge in [0.25, 0.3) is 0 Å². The lowest BCUT2D eigenvalue weighted by Crippen LogP contribution is -2.23.